The Kier molecular flexibility index (Phi) is 7.05. The average Bonchev–Trinajstić information content (AvgIpc) is 2.76. The minimum Gasteiger partial charge on any atom is -0.496 e. The van der Waals surface area contributed by atoms with Crippen LogP contribution in [0, 0.1) is 0 Å². The molecule has 6 nitrogen and oxygen atoms in total. The van der Waals surface area contributed by atoms with Gasteiger partial charge in [-0.2, -0.15) is 0 Å². The van der Waals surface area contributed by atoms with Crippen molar-refractivity contribution < 1.29 is 14.3 Å². The number of ether oxygens (including phenoxy) is 2. The molecule has 0 aliphatic heterocycles. The first-order valence-electron chi connectivity index (χ1n) is 9.54. The number of benzene rings is 2. The SMILES string of the molecule is CCOc1ccc(Nc2cncc(C(=O)NCCc3ccccc3OC)c2)cc1. The van der Waals surface area contributed by atoms with Gasteiger partial charge in [-0.15, -0.1) is 0 Å². The number of nitrogens with one attached hydrogen (secondary N) is 2. The van der Waals surface area contributed by atoms with Crippen molar-refractivity contribution in [1.29, 1.82) is 0 Å². The lowest BCUT2D eigenvalue weighted by Gasteiger charge is -2.10. The zero-order valence-electron chi connectivity index (χ0n) is 16.6. The lowest BCUT2D eigenvalue weighted by Crippen LogP contribution is -2.26. The molecular weight excluding hydrogens is 366 g/mol. The van der Waals surface area contributed by atoms with Gasteiger partial charge >= 0.3 is 0 Å². The van der Waals surface area contributed by atoms with Crippen molar-refractivity contribution in [3.05, 3.63) is 78.1 Å². The number of nitrogens with zero attached hydrogens (tertiary/aromatic N) is 1. The number of carbonyl (C=O) groups is 1. The van der Waals surface area contributed by atoms with Crippen molar-refractivity contribution in [2.75, 3.05) is 25.6 Å². The van der Waals surface area contributed by atoms with Crippen molar-refractivity contribution in [3.8, 4) is 11.5 Å². The van der Waals surface area contributed by atoms with E-state index in [0.717, 1.165) is 28.4 Å². The summed E-state index contributed by atoms with van der Waals surface area (Å²) in [4.78, 5) is 16.7. The number of pyridine rings is 1. The second-order valence-corrected chi connectivity index (χ2v) is 6.36. The third-order valence-corrected chi connectivity index (χ3v) is 4.33. The van der Waals surface area contributed by atoms with Crippen LogP contribution >= 0.6 is 0 Å². The van der Waals surface area contributed by atoms with E-state index in [0.29, 0.717) is 25.1 Å². The molecule has 1 heterocycles. The molecule has 0 aliphatic rings. The van der Waals surface area contributed by atoms with E-state index in [-0.39, 0.29) is 5.91 Å². The van der Waals surface area contributed by atoms with E-state index in [4.69, 9.17) is 9.47 Å². The van der Waals surface area contributed by atoms with Gasteiger partial charge in [0.15, 0.2) is 0 Å². The zero-order chi connectivity index (χ0) is 20.5. The van der Waals surface area contributed by atoms with Crippen LogP contribution in [0.15, 0.2) is 67.0 Å². The molecule has 3 rings (SSSR count). The summed E-state index contributed by atoms with van der Waals surface area (Å²) in [6.07, 6.45) is 3.93. The Hall–Kier alpha value is -3.54. The van der Waals surface area contributed by atoms with Gasteiger partial charge in [-0.05, 0) is 55.3 Å². The first-order valence-corrected chi connectivity index (χ1v) is 9.54. The van der Waals surface area contributed by atoms with Gasteiger partial charge in [0.1, 0.15) is 11.5 Å². The summed E-state index contributed by atoms with van der Waals surface area (Å²) in [6.45, 7) is 3.09. The molecule has 0 fully saturated rings. The van der Waals surface area contributed by atoms with Crippen LogP contribution in [0.3, 0.4) is 0 Å². The smallest absolute Gasteiger partial charge is 0.252 e. The van der Waals surface area contributed by atoms with E-state index in [9.17, 15) is 4.79 Å². The molecule has 0 spiro atoms. The summed E-state index contributed by atoms with van der Waals surface area (Å²) in [5.74, 6) is 1.48. The fourth-order valence-corrected chi connectivity index (χ4v) is 2.92. The maximum atomic E-state index is 12.5. The van der Waals surface area contributed by atoms with Crippen molar-refractivity contribution in [2.45, 2.75) is 13.3 Å². The number of para-hydroxylation sites is 1. The normalized spacial score (nSPS) is 10.3. The van der Waals surface area contributed by atoms with Crippen LogP contribution in [0.5, 0.6) is 11.5 Å². The Morgan fingerprint density at radius 3 is 2.59 bits per heavy atom. The molecule has 3 aromatic rings. The highest BCUT2D eigenvalue weighted by Gasteiger charge is 2.08. The lowest BCUT2D eigenvalue weighted by molar-refractivity contribution is 0.0953. The van der Waals surface area contributed by atoms with Crippen molar-refractivity contribution >= 4 is 17.3 Å². The molecule has 0 bridgehead atoms. The Labute approximate surface area is 170 Å². The number of hydrogen-bond acceptors (Lipinski definition) is 5. The van der Waals surface area contributed by atoms with Crippen LogP contribution in [-0.2, 0) is 6.42 Å². The highest BCUT2D eigenvalue weighted by atomic mass is 16.5. The molecule has 0 aliphatic carbocycles. The molecule has 1 aromatic heterocycles. The van der Waals surface area contributed by atoms with Gasteiger partial charge in [0.2, 0.25) is 0 Å². The maximum Gasteiger partial charge on any atom is 0.252 e. The van der Waals surface area contributed by atoms with Crippen LogP contribution in [0.1, 0.15) is 22.8 Å². The van der Waals surface area contributed by atoms with Gasteiger partial charge in [0.05, 0.1) is 31.2 Å². The number of rotatable bonds is 9. The predicted octanol–water partition coefficient (Wildman–Crippen LogP) is 4.21. The van der Waals surface area contributed by atoms with Crippen molar-refractivity contribution in [3.63, 3.8) is 0 Å². The van der Waals surface area contributed by atoms with Gasteiger partial charge in [-0.25, -0.2) is 0 Å². The zero-order valence-corrected chi connectivity index (χ0v) is 16.6. The van der Waals surface area contributed by atoms with E-state index in [2.05, 4.69) is 15.6 Å². The molecule has 0 saturated heterocycles. The number of aromatic nitrogens is 1. The quantitative estimate of drug-likeness (QED) is 0.572. The fraction of sp³-hybridized carbons (Fsp3) is 0.217. The number of amides is 1. The minimum atomic E-state index is -0.164. The number of hydrogen-bond donors (Lipinski definition) is 2. The summed E-state index contributed by atoms with van der Waals surface area (Å²) in [6, 6.07) is 17.2. The fourth-order valence-electron chi connectivity index (χ4n) is 2.92. The second kappa shape index (κ2) is 10.1. The Morgan fingerprint density at radius 1 is 1.03 bits per heavy atom. The first-order chi connectivity index (χ1) is 14.2. The molecule has 0 saturated carbocycles. The van der Waals surface area contributed by atoms with Crippen LogP contribution in [0.4, 0.5) is 11.4 Å². The monoisotopic (exact) mass is 391 g/mol. The van der Waals surface area contributed by atoms with Gasteiger partial charge in [-0.1, -0.05) is 18.2 Å². The van der Waals surface area contributed by atoms with Gasteiger partial charge in [0, 0.05) is 18.4 Å². The minimum absolute atomic E-state index is 0.164. The van der Waals surface area contributed by atoms with Crippen LogP contribution in [-0.4, -0.2) is 31.2 Å². The third-order valence-electron chi connectivity index (χ3n) is 4.33. The summed E-state index contributed by atoms with van der Waals surface area (Å²) in [5.41, 5.74) is 3.19. The summed E-state index contributed by atoms with van der Waals surface area (Å²) < 4.78 is 10.8. The third kappa shape index (κ3) is 5.72. The lowest BCUT2D eigenvalue weighted by atomic mass is 10.1. The Bertz CT molecular complexity index is 942. The second-order valence-electron chi connectivity index (χ2n) is 6.36. The van der Waals surface area contributed by atoms with Crippen LogP contribution in [0.2, 0.25) is 0 Å². The number of anilines is 2. The first kappa shape index (κ1) is 20.2. The van der Waals surface area contributed by atoms with E-state index < -0.39 is 0 Å². The molecule has 0 unspecified atom stereocenters. The van der Waals surface area contributed by atoms with Crippen molar-refractivity contribution in [1.82, 2.24) is 10.3 Å². The Balaban J connectivity index is 1.57. The van der Waals surface area contributed by atoms with E-state index in [1.165, 1.54) is 0 Å². The van der Waals surface area contributed by atoms with Crippen LogP contribution < -0.4 is 20.1 Å². The number of carbonyl (C=O) groups excluding carboxylic acids is 1. The highest BCUT2D eigenvalue weighted by Crippen LogP contribution is 2.20. The highest BCUT2D eigenvalue weighted by molar-refractivity contribution is 5.94. The molecule has 2 N–H and O–H groups in total. The molecule has 0 atom stereocenters. The topological polar surface area (TPSA) is 72.5 Å². The summed E-state index contributed by atoms with van der Waals surface area (Å²) in [7, 11) is 1.64. The van der Waals surface area contributed by atoms with E-state index in [1.54, 1.807) is 25.6 Å². The van der Waals surface area contributed by atoms with Gasteiger partial charge in [0.25, 0.3) is 5.91 Å². The maximum absolute atomic E-state index is 12.5. The molecule has 6 heteroatoms. The standard InChI is InChI=1S/C23H25N3O3/c1-3-29-21-10-8-19(9-11-21)26-20-14-18(15-24-16-20)23(27)25-13-12-17-6-4-5-7-22(17)28-2/h4-11,14-16,26H,3,12-13H2,1-2H3,(H,25,27). The average molecular weight is 391 g/mol. The summed E-state index contributed by atoms with van der Waals surface area (Å²) >= 11 is 0. The van der Waals surface area contributed by atoms with Gasteiger partial charge in [-0.3, -0.25) is 9.78 Å². The van der Waals surface area contributed by atoms with Crippen LogP contribution in [0.25, 0.3) is 0 Å². The van der Waals surface area contributed by atoms with E-state index in [1.807, 2.05) is 55.5 Å². The molecule has 2 aromatic carbocycles. The molecule has 0 radical (unpaired) electrons. The number of methoxy groups -OCH3 is 1. The van der Waals surface area contributed by atoms with E-state index >= 15 is 0 Å². The van der Waals surface area contributed by atoms with Gasteiger partial charge < -0.3 is 20.1 Å². The summed E-state index contributed by atoms with van der Waals surface area (Å²) in [5, 5.41) is 6.18. The molecule has 150 valence electrons. The van der Waals surface area contributed by atoms with Crippen molar-refractivity contribution in [2.24, 2.45) is 0 Å². The molecule has 29 heavy (non-hydrogen) atoms. The largest absolute Gasteiger partial charge is 0.496 e. The molecular formula is C23H25N3O3. The predicted molar refractivity (Wildman–Crippen MR) is 114 cm³/mol. The Morgan fingerprint density at radius 2 is 1.83 bits per heavy atom. The molecule has 1 amide bonds.